The Hall–Kier alpha value is -3.60. The number of halogens is 2. The van der Waals surface area contributed by atoms with Crippen molar-refractivity contribution in [3.63, 3.8) is 0 Å². The molecule has 41 heavy (non-hydrogen) atoms. The first-order valence-corrected chi connectivity index (χ1v) is 13.7. The van der Waals surface area contributed by atoms with Crippen LogP contribution in [0.3, 0.4) is 0 Å². The molecule has 5 N–H and O–H groups in total. The van der Waals surface area contributed by atoms with E-state index in [4.69, 9.17) is 5.73 Å². The lowest BCUT2D eigenvalue weighted by Crippen LogP contribution is -2.48. The van der Waals surface area contributed by atoms with Gasteiger partial charge < -0.3 is 30.9 Å². The molecule has 0 radical (unpaired) electrons. The zero-order valence-electron chi connectivity index (χ0n) is 24.2. The highest BCUT2D eigenvalue weighted by atomic mass is 19.1. The highest BCUT2D eigenvalue weighted by Gasteiger charge is 2.37. The van der Waals surface area contributed by atoms with Crippen molar-refractivity contribution in [2.24, 2.45) is 11.1 Å². The molecule has 2 atom stereocenters. The number of carbonyl (C=O) groups is 2. The van der Waals surface area contributed by atoms with Crippen molar-refractivity contribution < 1.29 is 23.5 Å². The van der Waals surface area contributed by atoms with Gasteiger partial charge in [-0.1, -0.05) is 51.1 Å². The third-order valence-corrected chi connectivity index (χ3v) is 6.92. The lowest BCUT2D eigenvalue weighted by atomic mass is 9.82. The number of likely N-dealkylation sites (N-methyl/N-ethyl adjacent to an activating group) is 1. The number of aliphatic hydroxyl groups excluding tert-OH is 1. The summed E-state index contributed by atoms with van der Waals surface area (Å²) in [7, 11) is 1.78. The molecule has 2 aromatic carbocycles. The third-order valence-electron chi connectivity index (χ3n) is 6.92. The number of rotatable bonds is 13. The fourth-order valence-electron chi connectivity index (χ4n) is 4.95. The van der Waals surface area contributed by atoms with E-state index in [1.165, 1.54) is 4.90 Å². The number of amides is 2. The second kappa shape index (κ2) is 14.3. The van der Waals surface area contributed by atoms with Crippen LogP contribution >= 0.6 is 0 Å². The van der Waals surface area contributed by atoms with Gasteiger partial charge in [-0.2, -0.15) is 0 Å². The molecule has 8 nitrogen and oxygen atoms in total. The Morgan fingerprint density at radius 2 is 1.78 bits per heavy atom. The maximum Gasteiger partial charge on any atom is 0.248 e. The maximum absolute atomic E-state index is 14.9. The number of nitrogens with zero attached hydrogens (tertiary/aromatic N) is 2. The van der Waals surface area contributed by atoms with Crippen LogP contribution < -0.4 is 16.4 Å². The highest BCUT2D eigenvalue weighted by molar-refractivity contribution is 5.82. The zero-order chi connectivity index (χ0) is 30.2. The first-order chi connectivity index (χ1) is 19.5. The van der Waals surface area contributed by atoms with Crippen LogP contribution in [0.15, 0.2) is 60.8 Å². The quantitative estimate of drug-likeness (QED) is 0.236. The predicted octanol–water partition coefficient (Wildman–Crippen LogP) is 3.44. The fourth-order valence-corrected chi connectivity index (χ4v) is 4.95. The minimum absolute atomic E-state index is 0.0993. The molecule has 0 aliphatic heterocycles. The minimum atomic E-state index is -0.866. The lowest BCUT2D eigenvalue weighted by molar-refractivity contribution is -0.140. The molecular weight excluding hydrogens is 528 g/mol. The second-order valence-electron chi connectivity index (χ2n) is 11.2. The Labute approximate surface area is 240 Å². The van der Waals surface area contributed by atoms with Crippen LogP contribution in [0.5, 0.6) is 0 Å². The zero-order valence-corrected chi connectivity index (χ0v) is 24.2. The summed E-state index contributed by atoms with van der Waals surface area (Å²) in [4.78, 5) is 27.2. The Morgan fingerprint density at radius 1 is 1.07 bits per heavy atom. The average Bonchev–Trinajstić information content (AvgIpc) is 3.33. The Morgan fingerprint density at radius 3 is 2.41 bits per heavy atom. The van der Waals surface area contributed by atoms with Gasteiger partial charge in [0, 0.05) is 49.2 Å². The maximum atomic E-state index is 14.9. The van der Waals surface area contributed by atoms with Crippen LogP contribution in [-0.2, 0) is 16.1 Å². The van der Waals surface area contributed by atoms with E-state index in [0.29, 0.717) is 30.9 Å². The standard InChI is InChI=1S/C31H41F2N5O3/c1-31(2,3)29(38(28(40)20-39)15-12-26(34)30(41)36-14-13-35-4)27-16-22(24-17-23(32)10-11-25(24)33)19-37(27)18-21-8-6-5-7-9-21/h5-11,16-17,19,26,29,35,39H,12-15,18,20,34H2,1-4H3,(H,36,41)/t26-,29-/m0/s1. The van der Waals surface area contributed by atoms with Crippen LogP contribution in [0.1, 0.15) is 44.5 Å². The number of carbonyl (C=O) groups excluding carboxylic acids is 2. The summed E-state index contributed by atoms with van der Waals surface area (Å²) in [5.74, 6) is -2.00. The van der Waals surface area contributed by atoms with Crippen molar-refractivity contribution >= 4 is 11.8 Å². The van der Waals surface area contributed by atoms with Gasteiger partial charge in [0.15, 0.2) is 0 Å². The minimum Gasteiger partial charge on any atom is -0.387 e. The first-order valence-electron chi connectivity index (χ1n) is 13.7. The van der Waals surface area contributed by atoms with Crippen LogP contribution in [0.4, 0.5) is 8.78 Å². The molecule has 0 saturated carbocycles. The van der Waals surface area contributed by atoms with E-state index in [9.17, 15) is 23.5 Å². The van der Waals surface area contributed by atoms with E-state index in [2.05, 4.69) is 10.6 Å². The van der Waals surface area contributed by atoms with Gasteiger partial charge in [0.05, 0.1) is 12.1 Å². The molecule has 0 unspecified atom stereocenters. The highest BCUT2D eigenvalue weighted by Crippen LogP contribution is 2.41. The average molecular weight is 570 g/mol. The summed E-state index contributed by atoms with van der Waals surface area (Å²) in [6.07, 6.45) is 1.91. The molecule has 0 bridgehead atoms. The molecule has 3 rings (SSSR count). The largest absolute Gasteiger partial charge is 0.387 e. The van der Waals surface area contributed by atoms with Gasteiger partial charge in [0.2, 0.25) is 11.8 Å². The number of nitrogens with two attached hydrogens (primary N) is 1. The molecule has 1 heterocycles. The van der Waals surface area contributed by atoms with Crippen molar-refractivity contribution in [3.8, 4) is 11.1 Å². The smallest absolute Gasteiger partial charge is 0.248 e. The third kappa shape index (κ3) is 8.45. The molecule has 2 amide bonds. The monoisotopic (exact) mass is 569 g/mol. The van der Waals surface area contributed by atoms with Crippen molar-refractivity contribution in [2.45, 2.75) is 45.8 Å². The van der Waals surface area contributed by atoms with E-state index in [1.807, 2.05) is 55.7 Å². The second-order valence-corrected chi connectivity index (χ2v) is 11.2. The van der Waals surface area contributed by atoms with E-state index in [1.54, 1.807) is 19.3 Å². The van der Waals surface area contributed by atoms with Gasteiger partial charge in [-0.15, -0.1) is 0 Å². The molecule has 0 fully saturated rings. The molecule has 222 valence electrons. The molecule has 0 aliphatic carbocycles. The van der Waals surface area contributed by atoms with E-state index in [-0.39, 0.29) is 24.4 Å². The van der Waals surface area contributed by atoms with Crippen molar-refractivity contribution in [2.75, 3.05) is 33.3 Å². The van der Waals surface area contributed by atoms with Gasteiger partial charge in [-0.25, -0.2) is 8.78 Å². The number of hydrogen-bond acceptors (Lipinski definition) is 5. The van der Waals surface area contributed by atoms with Crippen molar-refractivity contribution in [3.05, 3.63) is 83.7 Å². The van der Waals surface area contributed by atoms with E-state index in [0.717, 1.165) is 23.8 Å². The molecular formula is C31H41F2N5O3. The number of nitrogens with one attached hydrogen (secondary N) is 2. The molecule has 3 aromatic rings. The predicted molar refractivity (Wildman–Crippen MR) is 156 cm³/mol. The van der Waals surface area contributed by atoms with Crippen LogP contribution in [0, 0.1) is 17.0 Å². The normalized spacial score (nSPS) is 13.1. The number of benzene rings is 2. The number of aromatic nitrogens is 1. The fraction of sp³-hybridized carbons (Fsp3) is 0.419. The number of hydrogen-bond donors (Lipinski definition) is 4. The summed E-state index contributed by atoms with van der Waals surface area (Å²) < 4.78 is 30.9. The van der Waals surface area contributed by atoms with Crippen LogP contribution in [0.25, 0.3) is 11.1 Å². The molecule has 0 spiro atoms. The molecule has 0 aliphatic rings. The van der Waals surface area contributed by atoms with Crippen molar-refractivity contribution in [1.29, 1.82) is 0 Å². The van der Waals surface area contributed by atoms with Crippen LogP contribution in [-0.4, -0.2) is 65.7 Å². The Kier molecular flexibility index (Phi) is 11.2. The number of aliphatic hydroxyl groups is 1. The Bertz CT molecular complexity index is 1310. The van der Waals surface area contributed by atoms with E-state index < -0.39 is 41.6 Å². The summed E-state index contributed by atoms with van der Waals surface area (Å²) >= 11 is 0. The summed E-state index contributed by atoms with van der Waals surface area (Å²) in [6, 6.07) is 13.3. The SMILES string of the molecule is CNCCNC(=O)[C@@H](N)CCN(C(=O)CO)[C@@H](c1cc(-c2cc(F)ccc2F)cn1Cc1ccccc1)C(C)(C)C. The molecule has 10 heteroatoms. The molecule has 1 aromatic heterocycles. The first kappa shape index (κ1) is 31.9. The van der Waals surface area contributed by atoms with Gasteiger partial charge in [-0.05, 0) is 48.7 Å². The topological polar surface area (TPSA) is 113 Å². The van der Waals surface area contributed by atoms with Gasteiger partial charge >= 0.3 is 0 Å². The van der Waals surface area contributed by atoms with Crippen molar-refractivity contribution in [1.82, 2.24) is 20.1 Å². The molecule has 0 saturated heterocycles. The van der Waals surface area contributed by atoms with Gasteiger partial charge in [-0.3, -0.25) is 9.59 Å². The van der Waals surface area contributed by atoms with Crippen LogP contribution in [0.2, 0.25) is 0 Å². The van der Waals surface area contributed by atoms with Gasteiger partial charge in [0.1, 0.15) is 18.2 Å². The summed E-state index contributed by atoms with van der Waals surface area (Å²) in [5.41, 5.74) is 7.81. The van der Waals surface area contributed by atoms with E-state index >= 15 is 0 Å². The summed E-state index contributed by atoms with van der Waals surface area (Å²) in [5, 5.41) is 15.6. The summed E-state index contributed by atoms with van der Waals surface area (Å²) in [6.45, 7) is 6.66. The van der Waals surface area contributed by atoms with Gasteiger partial charge in [0.25, 0.3) is 0 Å². The lowest BCUT2D eigenvalue weighted by Gasteiger charge is -2.41. The Balaban J connectivity index is 2.07.